The molecule has 0 aromatic carbocycles. The number of hydrogen-bond donors (Lipinski definition) is 2. The van der Waals surface area contributed by atoms with Crippen molar-refractivity contribution in [3.63, 3.8) is 0 Å². The quantitative estimate of drug-likeness (QED) is 0.755. The molecule has 2 aliphatic rings. The van der Waals surface area contributed by atoms with Gasteiger partial charge in [0.25, 0.3) is 0 Å². The molecule has 0 bridgehead atoms. The van der Waals surface area contributed by atoms with E-state index in [1.165, 1.54) is 20.0 Å². The molecule has 0 spiro atoms. The number of esters is 1. The third-order valence-electron chi connectivity index (χ3n) is 5.00. The average Bonchev–Trinajstić information content (AvgIpc) is 2.63. The predicted molar refractivity (Wildman–Crippen MR) is 97.1 cm³/mol. The summed E-state index contributed by atoms with van der Waals surface area (Å²) in [6, 6.07) is 1.02. The lowest BCUT2D eigenvalue weighted by Gasteiger charge is -2.45. The Morgan fingerprint density at radius 1 is 1.32 bits per heavy atom. The monoisotopic (exact) mass is 368 g/mol. The molecule has 25 heavy (non-hydrogen) atoms. The Morgan fingerprint density at radius 3 is 2.68 bits per heavy atom. The number of piperidine rings is 1. The fourth-order valence-corrected chi connectivity index (χ4v) is 3.96. The molecule has 138 valence electrons. The van der Waals surface area contributed by atoms with Crippen LogP contribution in [0.15, 0.2) is 0 Å². The summed E-state index contributed by atoms with van der Waals surface area (Å²) >= 11 is 6.27. The maximum Gasteiger partial charge on any atom is 0.360 e. The molecule has 3 rings (SSSR count). The highest BCUT2D eigenvalue weighted by molar-refractivity contribution is 6.32. The molecule has 1 aromatic rings. The molecular weight excluding hydrogens is 344 g/mol. The normalized spacial score (nSPS) is 22.8. The number of aromatic nitrogens is 2. The molecule has 1 unspecified atom stereocenters. The summed E-state index contributed by atoms with van der Waals surface area (Å²) in [5, 5.41) is 3.59. The molecule has 1 aromatic heterocycles. The van der Waals surface area contributed by atoms with Crippen LogP contribution in [0.2, 0.25) is 5.15 Å². The van der Waals surface area contributed by atoms with Gasteiger partial charge in [-0.15, -0.1) is 0 Å². The van der Waals surface area contributed by atoms with Gasteiger partial charge < -0.3 is 20.7 Å². The fraction of sp³-hybridized carbons (Fsp3) is 0.688. The Kier molecular flexibility index (Phi) is 5.61. The van der Waals surface area contributed by atoms with E-state index in [9.17, 15) is 4.79 Å². The minimum atomic E-state index is -0.637. The highest BCUT2D eigenvalue weighted by Gasteiger charge is 2.32. The van der Waals surface area contributed by atoms with Gasteiger partial charge in [0.15, 0.2) is 22.5 Å². The second kappa shape index (κ2) is 7.72. The topological polar surface area (TPSA) is 96.6 Å². The van der Waals surface area contributed by atoms with Crippen molar-refractivity contribution >= 4 is 29.2 Å². The lowest BCUT2D eigenvalue weighted by atomic mass is 10.0. The van der Waals surface area contributed by atoms with E-state index in [0.29, 0.717) is 17.9 Å². The molecular formula is C16H25ClN6O2. The highest BCUT2D eigenvalue weighted by Crippen LogP contribution is 2.28. The van der Waals surface area contributed by atoms with Crippen molar-refractivity contribution in [1.82, 2.24) is 20.2 Å². The van der Waals surface area contributed by atoms with Crippen LogP contribution in [-0.4, -0.2) is 72.8 Å². The number of piperazine rings is 1. The predicted octanol–water partition coefficient (Wildman–Crippen LogP) is 0.761. The first-order valence-electron chi connectivity index (χ1n) is 8.64. The third kappa shape index (κ3) is 3.80. The van der Waals surface area contributed by atoms with E-state index in [1.807, 2.05) is 0 Å². The van der Waals surface area contributed by atoms with Crippen LogP contribution in [0.3, 0.4) is 0 Å². The number of rotatable bonds is 3. The molecule has 0 saturated carbocycles. The van der Waals surface area contributed by atoms with Gasteiger partial charge in [-0.25, -0.2) is 14.8 Å². The highest BCUT2D eigenvalue weighted by atomic mass is 35.5. The van der Waals surface area contributed by atoms with Gasteiger partial charge in [0.2, 0.25) is 0 Å². The van der Waals surface area contributed by atoms with Crippen LogP contribution in [-0.2, 0) is 4.74 Å². The van der Waals surface area contributed by atoms with Crippen molar-refractivity contribution in [3.8, 4) is 0 Å². The molecule has 8 nitrogen and oxygen atoms in total. The molecule has 2 saturated heterocycles. The molecule has 2 aliphatic heterocycles. The molecule has 0 radical (unpaired) electrons. The van der Waals surface area contributed by atoms with Crippen molar-refractivity contribution in [1.29, 1.82) is 0 Å². The second-order valence-corrected chi connectivity index (χ2v) is 6.94. The van der Waals surface area contributed by atoms with Gasteiger partial charge in [0, 0.05) is 31.7 Å². The zero-order valence-electron chi connectivity index (χ0n) is 14.7. The first-order chi connectivity index (χ1) is 12.0. The van der Waals surface area contributed by atoms with Crippen molar-refractivity contribution in [3.05, 3.63) is 10.8 Å². The van der Waals surface area contributed by atoms with Crippen LogP contribution in [0, 0.1) is 0 Å². The van der Waals surface area contributed by atoms with Crippen LogP contribution >= 0.6 is 11.6 Å². The van der Waals surface area contributed by atoms with Crippen molar-refractivity contribution in [2.75, 3.05) is 50.5 Å². The molecule has 0 amide bonds. The van der Waals surface area contributed by atoms with E-state index >= 15 is 0 Å². The molecule has 0 aliphatic carbocycles. The van der Waals surface area contributed by atoms with Crippen LogP contribution in [0.25, 0.3) is 0 Å². The van der Waals surface area contributed by atoms with Gasteiger partial charge in [0.05, 0.1) is 7.11 Å². The molecule has 1 atom stereocenters. The van der Waals surface area contributed by atoms with E-state index in [0.717, 1.165) is 32.7 Å². The SMILES string of the molecule is COC(=O)c1nc(Cl)c(N2CCN(C3CCNCC3)C(C)C2)nc1N. The van der Waals surface area contributed by atoms with Crippen molar-refractivity contribution in [2.45, 2.75) is 31.8 Å². The van der Waals surface area contributed by atoms with Gasteiger partial charge in [-0.05, 0) is 32.9 Å². The maximum absolute atomic E-state index is 11.7. The standard InChI is InChI=1S/C16H25ClN6O2/c1-10-9-22(7-8-23(10)11-3-5-19-6-4-11)15-13(17)20-12(14(18)21-15)16(24)25-2/h10-11,19H,3-9H2,1-2H3,(H2,18,21). The van der Waals surface area contributed by atoms with Gasteiger partial charge in [0.1, 0.15) is 0 Å². The van der Waals surface area contributed by atoms with E-state index < -0.39 is 5.97 Å². The summed E-state index contributed by atoms with van der Waals surface area (Å²) in [5.41, 5.74) is 5.83. The van der Waals surface area contributed by atoms with Crippen LogP contribution in [0.1, 0.15) is 30.3 Å². The van der Waals surface area contributed by atoms with Crippen LogP contribution in [0.4, 0.5) is 11.6 Å². The summed E-state index contributed by atoms with van der Waals surface area (Å²) in [4.78, 5) is 24.7. The lowest BCUT2D eigenvalue weighted by Crippen LogP contribution is -2.57. The van der Waals surface area contributed by atoms with E-state index in [-0.39, 0.29) is 16.7 Å². The number of anilines is 2. The summed E-state index contributed by atoms with van der Waals surface area (Å²) in [5.74, 6) is -0.0640. The number of nitrogens with zero attached hydrogens (tertiary/aromatic N) is 4. The Balaban J connectivity index is 1.73. The molecule has 9 heteroatoms. The van der Waals surface area contributed by atoms with Crippen LogP contribution in [0.5, 0.6) is 0 Å². The summed E-state index contributed by atoms with van der Waals surface area (Å²) < 4.78 is 4.65. The molecule has 3 heterocycles. The number of ether oxygens (including phenoxy) is 1. The van der Waals surface area contributed by atoms with Gasteiger partial charge in [-0.2, -0.15) is 0 Å². The second-order valence-electron chi connectivity index (χ2n) is 6.58. The van der Waals surface area contributed by atoms with Crippen LogP contribution < -0.4 is 16.0 Å². The Labute approximate surface area is 152 Å². The number of methoxy groups -OCH3 is 1. The zero-order valence-corrected chi connectivity index (χ0v) is 15.4. The Morgan fingerprint density at radius 2 is 2.04 bits per heavy atom. The first-order valence-corrected chi connectivity index (χ1v) is 9.01. The van der Waals surface area contributed by atoms with Gasteiger partial charge in [-0.1, -0.05) is 11.6 Å². The van der Waals surface area contributed by atoms with E-state index in [2.05, 4.69) is 36.7 Å². The fourth-order valence-electron chi connectivity index (χ4n) is 3.71. The lowest BCUT2D eigenvalue weighted by molar-refractivity contribution is 0.0595. The summed E-state index contributed by atoms with van der Waals surface area (Å²) in [6.45, 7) is 6.94. The smallest absolute Gasteiger partial charge is 0.360 e. The number of nitrogens with two attached hydrogens (primary N) is 1. The molecule has 2 fully saturated rings. The van der Waals surface area contributed by atoms with Crippen molar-refractivity contribution < 1.29 is 9.53 Å². The number of carbonyl (C=O) groups is 1. The minimum absolute atomic E-state index is 0.0414. The number of nitrogens with one attached hydrogen (secondary N) is 1. The summed E-state index contributed by atoms with van der Waals surface area (Å²) in [6.07, 6.45) is 2.37. The van der Waals surface area contributed by atoms with E-state index in [1.54, 1.807) is 0 Å². The van der Waals surface area contributed by atoms with Gasteiger partial charge >= 0.3 is 5.97 Å². The largest absolute Gasteiger partial charge is 0.464 e. The zero-order chi connectivity index (χ0) is 18.0. The number of hydrogen-bond acceptors (Lipinski definition) is 8. The minimum Gasteiger partial charge on any atom is -0.464 e. The van der Waals surface area contributed by atoms with E-state index in [4.69, 9.17) is 17.3 Å². The maximum atomic E-state index is 11.7. The number of nitrogen functional groups attached to an aromatic ring is 1. The third-order valence-corrected chi connectivity index (χ3v) is 5.25. The van der Waals surface area contributed by atoms with Crippen molar-refractivity contribution in [2.24, 2.45) is 0 Å². The average molecular weight is 369 g/mol. The summed E-state index contributed by atoms with van der Waals surface area (Å²) in [7, 11) is 1.27. The number of halogens is 1. The Bertz CT molecular complexity index is 637. The Hall–Kier alpha value is -1.64. The number of carbonyl (C=O) groups excluding carboxylic acids is 1. The van der Waals surface area contributed by atoms with Gasteiger partial charge in [-0.3, -0.25) is 4.90 Å². The first kappa shape index (κ1) is 18.2. The molecule has 3 N–H and O–H groups in total.